The first-order valence-electron chi connectivity index (χ1n) is 14.1. The van der Waals surface area contributed by atoms with Crippen molar-refractivity contribution in [3.8, 4) is 28.7 Å². The van der Waals surface area contributed by atoms with Crippen LogP contribution in [0.25, 0.3) is 0 Å². The third-order valence-corrected chi connectivity index (χ3v) is 7.62. The second kappa shape index (κ2) is 12.2. The quantitative estimate of drug-likeness (QED) is 0.0964. The van der Waals surface area contributed by atoms with Crippen LogP contribution in [0.15, 0.2) is 48.5 Å². The van der Waals surface area contributed by atoms with Gasteiger partial charge in [-0.3, -0.25) is 9.59 Å². The van der Waals surface area contributed by atoms with Gasteiger partial charge >= 0.3 is 0 Å². The molecule has 0 atom stereocenters. The summed E-state index contributed by atoms with van der Waals surface area (Å²) in [6.07, 6.45) is 1.35. The van der Waals surface area contributed by atoms with Crippen LogP contribution >= 0.6 is 0 Å². The van der Waals surface area contributed by atoms with Gasteiger partial charge < -0.3 is 35.1 Å². The molecule has 1 aliphatic carbocycles. The summed E-state index contributed by atoms with van der Waals surface area (Å²) in [5.41, 5.74) is 0.318. The monoisotopic (exact) mass is 600 g/mol. The molecule has 0 aliphatic heterocycles. The molecule has 0 fully saturated rings. The SMILES string of the molecule is CCCCOc1c(Nc2c(C)cccc2OC)c(Nc2c(C)cccc2OC)c(F)c2c1C(=O)c1c(O)ccc(O)c1C2=O. The first-order valence-corrected chi connectivity index (χ1v) is 14.1. The van der Waals surface area contributed by atoms with Crippen LogP contribution < -0.4 is 24.8 Å². The van der Waals surface area contributed by atoms with Crippen molar-refractivity contribution >= 4 is 34.3 Å². The summed E-state index contributed by atoms with van der Waals surface area (Å²) in [5.74, 6) is -3.23. The lowest BCUT2D eigenvalue weighted by Gasteiger charge is -2.28. The zero-order valence-electron chi connectivity index (χ0n) is 25.1. The predicted octanol–water partition coefficient (Wildman–Crippen LogP) is 7.31. The number of carbonyl (C=O) groups is 2. The third kappa shape index (κ3) is 5.02. The van der Waals surface area contributed by atoms with E-state index >= 15 is 4.39 Å². The molecule has 0 saturated heterocycles. The van der Waals surface area contributed by atoms with E-state index in [1.165, 1.54) is 14.2 Å². The summed E-state index contributed by atoms with van der Waals surface area (Å²) in [6, 6.07) is 12.8. The highest BCUT2D eigenvalue weighted by atomic mass is 19.1. The minimum absolute atomic E-state index is 0.0273. The Kier molecular flexibility index (Phi) is 8.35. The molecule has 4 aromatic rings. The number of benzene rings is 4. The molecule has 0 amide bonds. The number of phenols is 2. The van der Waals surface area contributed by atoms with E-state index in [4.69, 9.17) is 14.2 Å². The molecule has 0 bridgehead atoms. The summed E-state index contributed by atoms with van der Waals surface area (Å²) in [4.78, 5) is 28.0. The van der Waals surface area contributed by atoms with Gasteiger partial charge in [0.05, 0.1) is 54.5 Å². The van der Waals surface area contributed by atoms with E-state index in [0.29, 0.717) is 34.9 Å². The zero-order valence-corrected chi connectivity index (χ0v) is 25.1. The van der Waals surface area contributed by atoms with Crippen LogP contribution in [0, 0.1) is 19.7 Å². The fourth-order valence-corrected chi connectivity index (χ4v) is 5.31. The molecule has 4 aromatic carbocycles. The highest BCUT2D eigenvalue weighted by Crippen LogP contribution is 2.51. The summed E-state index contributed by atoms with van der Waals surface area (Å²) < 4.78 is 34.4. The number of nitrogens with one attached hydrogen (secondary N) is 2. The number of unbranched alkanes of at least 4 members (excludes halogenated alkanes) is 1. The number of hydrogen-bond acceptors (Lipinski definition) is 9. The smallest absolute Gasteiger partial charge is 0.202 e. The van der Waals surface area contributed by atoms with Crippen LogP contribution in [0.2, 0.25) is 0 Å². The Bertz CT molecular complexity index is 1800. The molecule has 9 nitrogen and oxygen atoms in total. The number of aromatic hydroxyl groups is 2. The Morgan fingerprint density at radius 1 is 0.705 bits per heavy atom. The summed E-state index contributed by atoms with van der Waals surface area (Å²) >= 11 is 0. The van der Waals surface area contributed by atoms with E-state index in [9.17, 15) is 19.8 Å². The van der Waals surface area contributed by atoms with E-state index in [1.54, 1.807) is 24.3 Å². The van der Waals surface area contributed by atoms with Crippen molar-refractivity contribution in [2.24, 2.45) is 0 Å². The average molecular weight is 601 g/mol. The number of carbonyl (C=O) groups excluding carboxylic acids is 2. The van der Waals surface area contributed by atoms with Gasteiger partial charge in [0.25, 0.3) is 0 Å². The Labute approximate surface area is 254 Å². The standard InChI is InChI=1S/C34H33FN2O7/c1-6-7-16-44-34-26-25(32(40)23-19(38)14-15-20(39)24(23)33(26)41)27(35)30(36-28-17(2)10-8-12-21(28)42-4)31(34)37-29-18(3)11-9-13-22(29)43-5/h8-15,36-39H,6-7,16H2,1-5H3. The molecule has 0 unspecified atom stereocenters. The predicted molar refractivity (Wildman–Crippen MR) is 165 cm³/mol. The van der Waals surface area contributed by atoms with Gasteiger partial charge in [0, 0.05) is 0 Å². The number of para-hydroxylation sites is 2. The number of methoxy groups -OCH3 is 2. The van der Waals surface area contributed by atoms with E-state index in [2.05, 4.69) is 10.6 Å². The van der Waals surface area contributed by atoms with Crippen LogP contribution in [0.3, 0.4) is 0 Å². The lowest BCUT2D eigenvalue weighted by Crippen LogP contribution is -2.25. The van der Waals surface area contributed by atoms with Crippen molar-refractivity contribution in [3.63, 3.8) is 0 Å². The number of ketones is 2. The molecule has 4 N–H and O–H groups in total. The maximum atomic E-state index is 17.0. The van der Waals surface area contributed by atoms with Gasteiger partial charge in [0.15, 0.2) is 11.6 Å². The lowest BCUT2D eigenvalue weighted by atomic mass is 9.81. The van der Waals surface area contributed by atoms with Crippen molar-refractivity contribution in [2.45, 2.75) is 33.6 Å². The van der Waals surface area contributed by atoms with Gasteiger partial charge in [0.1, 0.15) is 34.4 Å². The fraction of sp³-hybridized carbons (Fsp3) is 0.235. The third-order valence-electron chi connectivity index (χ3n) is 7.62. The number of hydrogen-bond donors (Lipinski definition) is 4. The minimum atomic E-state index is -1.06. The van der Waals surface area contributed by atoms with Crippen LogP contribution in [-0.2, 0) is 0 Å². The first-order chi connectivity index (χ1) is 21.1. The fourth-order valence-electron chi connectivity index (χ4n) is 5.31. The number of rotatable bonds is 10. The number of anilines is 4. The molecule has 5 rings (SSSR count). The van der Waals surface area contributed by atoms with Crippen LogP contribution in [-0.4, -0.2) is 42.6 Å². The normalized spacial score (nSPS) is 12.0. The molecule has 44 heavy (non-hydrogen) atoms. The molecule has 0 radical (unpaired) electrons. The second-order valence-corrected chi connectivity index (χ2v) is 10.4. The Balaban J connectivity index is 1.89. The highest BCUT2D eigenvalue weighted by Gasteiger charge is 2.42. The molecule has 0 saturated carbocycles. The van der Waals surface area contributed by atoms with Gasteiger partial charge in [-0.15, -0.1) is 0 Å². The van der Waals surface area contributed by atoms with E-state index in [-0.39, 0.29) is 29.3 Å². The average Bonchev–Trinajstić information content (AvgIpc) is 3.01. The van der Waals surface area contributed by atoms with Crippen molar-refractivity contribution in [2.75, 3.05) is 31.5 Å². The lowest BCUT2D eigenvalue weighted by molar-refractivity contribution is 0.0967. The van der Waals surface area contributed by atoms with Crippen molar-refractivity contribution in [1.29, 1.82) is 0 Å². The minimum Gasteiger partial charge on any atom is -0.507 e. The maximum Gasteiger partial charge on any atom is 0.202 e. The first kappa shape index (κ1) is 30.2. The second-order valence-electron chi connectivity index (χ2n) is 10.4. The van der Waals surface area contributed by atoms with Crippen LogP contribution in [0.5, 0.6) is 28.7 Å². The molecular formula is C34H33FN2O7. The summed E-state index contributed by atoms with van der Waals surface area (Å²) in [5, 5.41) is 27.6. The number of fused-ring (bicyclic) bond motifs is 2. The molecule has 10 heteroatoms. The number of halogens is 1. The Hall–Kier alpha value is -5.25. The van der Waals surface area contributed by atoms with E-state index in [0.717, 1.165) is 24.1 Å². The highest BCUT2D eigenvalue weighted by molar-refractivity contribution is 6.32. The van der Waals surface area contributed by atoms with Gasteiger partial charge in [-0.1, -0.05) is 37.6 Å². The maximum absolute atomic E-state index is 17.0. The molecule has 0 spiro atoms. The van der Waals surface area contributed by atoms with Gasteiger partial charge in [-0.05, 0) is 55.7 Å². The zero-order chi connectivity index (χ0) is 31.7. The van der Waals surface area contributed by atoms with E-state index < -0.39 is 45.6 Å². The van der Waals surface area contributed by atoms with E-state index in [1.807, 2.05) is 32.9 Å². The van der Waals surface area contributed by atoms with Gasteiger partial charge in [-0.2, -0.15) is 0 Å². The summed E-state index contributed by atoms with van der Waals surface area (Å²) in [6.45, 7) is 5.75. The molecule has 0 heterocycles. The molecule has 228 valence electrons. The van der Waals surface area contributed by atoms with Gasteiger partial charge in [-0.25, -0.2) is 4.39 Å². The van der Waals surface area contributed by atoms with Crippen molar-refractivity contribution < 1.29 is 38.4 Å². The number of ether oxygens (including phenoxy) is 3. The van der Waals surface area contributed by atoms with Gasteiger partial charge in [0.2, 0.25) is 11.6 Å². The van der Waals surface area contributed by atoms with Crippen LogP contribution in [0.4, 0.5) is 27.1 Å². The largest absolute Gasteiger partial charge is 0.507 e. The van der Waals surface area contributed by atoms with Crippen LogP contribution in [0.1, 0.15) is 62.7 Å². The molecule has 1 aliphatic rings. The molecular weight excluding hydrogens is 567 g/mol. The van der Waals surface area contributed by atoms with Crippen molar-refractivity contribution in [1.82, 2.24) is 0 Å². The Morgan fingerprint density at radius 3 is 1.70 bits per heavy atom. The number of phenolic OH excluding ortho intramolecular Hbond substituents is 2. The topological polar surface area (TPSA) is 126 Å². The Morgan fingerprint density at radius 2 is 1.20 bits per heavy atom. The number of aryl methyl sites for hydroxylation is 2. The summed E-state index contributed by atoms with van der Waals surface area (Å²) in [7, 11) is 2.98. The van der Waals surface area contributed by atoms with Crippen molar-refractivity contribution in [3.05, 3.63) is 87.7 Å². The molecule has 0 aromatic heterocycles.